The summed E-state index contributed by atoms with van der Waals surface area (Å²) < 4.78 is 13.0. The van der Waals surface area contributed by atoms with Crippen LogP contribution in [0.5, 0.6) is 5.75 Å². The van der Waals surface area contributed by atoms with E-state index in [2.05, 4.69) is 46.4 Å². The van der Waals surface area contributed by atoms with E-state index in [0.29, 0.717) is 0 Å². The highest BCUT2D eigenvalue weighted by atomic mass is 79.9. The van der Waals surface area contributed by atoms with Gasteiger partial charge in [-0.2, -0.15) is 0 Å². The van der Waals surface area contributed by atoms with Crippen molar-refractivity contribution in [2.75, 3.05) is 11.9 Å². The molecular formula is C19H22BrNO2. The fraction of sp³-hybridized carbons (Fsp3) is 0.368. The second-order valence-electron chi connectivity index (χ2n) is 5.72. The Morgan fingerprint density at radius 2 is 1.96 bits per heavy atom. The first kappa shape index (κ1) is 16.3. The number of para-hydroxylation sites is 2. The highest BCUT2D eigenvalue weighted by molar-refractivity contribution is 9.10. The Balaban J connectivity index is 1.78. The van der Waals surface area contributed by atoms with Crippen molar-refractivity contribution >= 4 is 21.6 Å². The third-order valence-electron chi connectivity index (χ3n) is 3.99. The quantitative estimate of drug-likeness (QED) is 0.673. The maximum Gasteiger partial charge on any atom is 0.202 e. The van der Waals surface area contributed by atoms with E-state index in [-0.39, 0.29) is 12.3 Å². The topological polar surface area (TPSA) is 30.5 Å². The average Bonchev–Trinajstić information content (AvgIpc) is 2.57. The highest BCUT2D eigenvalue weighted by Crippen LogP contribution is 2.38. The van der Waals surface area contributed by atoms with Gasteiger partial charge in [0.2, 0.25) is 6.29 Å². The summed E-state index contributed by atoms with van der Waals surface area (Å²) in [5, 5.41) is 3.62. The van der Waals surface area contributed by atoms with Crippen LogP contribution in [0.1, 0.15) is 37.8 Å². The van der Waals surface area contributed by atoms with Gasteiger partial charge in [-0.3, -0.25) is 0 Å². The van der Waals surface area contributed by atoms with Crippen molar-refractivity contribution in [3.8, 4) is 5.75 Å². The van der Waals surface area contributed by atoms with Gasteiger partial charge in [0.1, 0.15) is 5.75 Å². The van der Waals surface area contributed by atoms with Crippen LogP contribution < -0.4 is 10.1 Å². The first-order valence-corrected chi connectivity index (χ1v) is 8.95. The lowest BCUT2D eigenvalue weighted by Gasteiger charge is -2.33. The largest absolute Gasteiger partial charge is 0.464 e. The molecule has 1 heterocycles. The molecule has 0 fully saturated rings. The molecule has 1 aliphatic rings. The lowest BCUT2D eigenvalue weighted by molar-refractivity contribution is -0.0952. The molecule has 4 heteroatoms. The zero-order valence-electron chi connectivity index (χ0n) is 13.3. The molecule has 0 radical (unpaired) electrons. The number of benzene rings is 2. The molecule has 3 nitrogen and oxygen atoms in total. The summed E-state index contributed by atoms with van der Waals surface area (Å²) in [5.41, 5.74) is 2.26. The van der Waals surface area contributed by atoms with Crippen molar-refractivity contribution in [2.24, 2.45) is 0 Å². The molecule has 23 heavy (non-hydrogen) atoms. The Morgan fingerprint density at radius 1 is 1.17 bits per heavy atom. The van der Waals surface area contributed by atoms with E-state index in [1.54, 1.807) is 0 Å². The van der Waals surface area contributed by atoms with Gasteiger partial charge in [0, 0.05) is 22.1 Å². The summed E-state index contributed by atoms with van der Waals surface area (Å²) in [6.45, 7) is 2.91. The third kappa shape index (κ3) is 4.06. The first-order valence-electron chi connectivity index (χ1n) is 8.16. The van der Waals surface area contributed by atoms with Gasteiger partial charge >= 0.3 is 0 Å². The van der Waals surface area contributed by atoms with Crippen LogP contribution >= 0.6 is 15.9 Å². The number of hydrogen-bond acceptors (Lipinski definition) is 3. The standard InChI is InChI=1S/C19H22BrNO2/c1-2-3-12-22-19-13-17(14-8-4-7-11-18(14)23-19)21-16-10-6-5-9-15(16)20/h4-11,17,19,21H,2-3,12-13H2,1H3/t17-,19+/m1/s1. The molecule has 2 aromatic carbocycles. The monoisotopic (exact) mass is 375 g/mol. The zero-order chi connectivity index (χ0) is 16.1. The molecule has 2 atom stereocenters. The van der Waals surface area contributed by atoms with Crippen LogP contribution in [0.4, 0.5) is 5.69 Å². The predicted octanol–water partition coefficient (Wildman–Crippen LogP) is 5.53. The SMILES string of the molecule is CCCCO[C@@H]1C[C@@H](Nc2ccccc2Br)c2ccccc2O1. The maximum absolute atomic E-state index is 6.00. The Labute approximate surface area is 146 Å². The van der Waals surface area contributed by atoms with E-state index < -0.39 is 0 Å². The van der Waals surface area contributed by atoms with E-state index in [0.717, 1.165) is 41.8 Å². The van der Waals surface area contributed by atoms with Crippen molar-refractivity contribution in [3.05, 3.63) is 58.6 Å². The number of rotatable bonds is 6. The maximum atomic E-state index is 6.00. The molecule has 2 aromatic rings. The normalized spacial score (nSPS) is 19.7. The first-order chi connectivity index (χ1) is 11.3. The minimum Gasteiger partial charge on any atom is -0.464 e. The second-order valence-corrected chi connectivity index (χ2v) is 6.58. The molecule has 0 aliphatic carbocycles. The number of unbranched alkanes of at least 4 members (excludes halogenated alkanes) is 1. The molecular weight excluding hydrogens is 354 g/mol. The summed E-state index contributed by atoms with van der Waals surface area (Å²) in [5.74, 6) is 0.907. The zero-order valence-corrected chi connectivity index (χ0v) is 14.9. The van der Waals surface area contributed by atoms with Gasteiger partial charge in [-0.1, -0.05) is 43.7 Å². The van der Waals surface area contributed by atoms with Gasteiger partial charge in [-0.05, 0) is 40.5 Å². The van der Waals surface area contributed by atoms with Crippen LogP contribution in [0.2, 0.25) is 0 Å². The molecule has 3 rings (SSSR count). The molecule has 0 bridgehead atoms. The molecule has 0 amide bonds. The van der Waals surface area contributed by atoms with Gasteiger partial charge in [-0.25, -0.2) is 0 Å². The number of nitrogens with one attached hydrogen (secondary N) is 1. The summed E-state index contributed by atoms with van der Waals surface area (Å²) in [7, 11) is 0. The number of ether oxygens (including phenoxy) is 2. The summed E-state index contributed by atoms with van der Waals surface area (Å²) in [6.07, 6.45) is 2.78. The fourth-order valence-corrected chi connectivity index (χ4v) is 3.15. The number of anilines is 1. The van der Waals surface area contributed by atoms with Crippen molar-refractivity contribution < 1.29 is 9.47 Å². The van der Waals surface area contributed by atoms with Crippen LogP contribution in [-0.2, 0) is 4.74 Å². The van der Waals surface area contributed by atoms with Crippen molar-refractivity contribution in [1.29, 1.82) is 0 Å². The second kappa shape index (κ2) is 7.84. The molecule has 1 N–H and O–H groups in total. The van der Waals surface area contributed by atoms with Gasteiger partial charge in [0.25, 0.3) is 0 Å². The van der Waals surface area contributed by atoms with E-state index in [9.17, 15) is 0 Å². The number of hydrogen-bond donors (Lipinski definition) is 1. The van der Waals surface area contributed by atoms with Gasteiger partial charge in [0.05, 0.1) is 12.6 Å². The van der Waals surface area contributed by atoms with Crippen molar-refractivity contribution in [1.82, 2.24) is 0 Å². The van der Waals surface area contributed by atoms with Crippen LogP contribution in [0, 0.1) is 0 Å². The molecule has 0 aromatic heterocycles. The van der Waals surface area contributed by atoms with E-state index >= 15 is 0 Å². The average molecular weight is 376 g/mol. The predicted molar refractivity (Wildman–Crippen MR) is 96.8 cm³/mol. The van der Waals surface area contributed by atoms with Gasteiger partial charge in [0.15, 0.2) is 0 Å². The lowest BCUT2D eigenvalue weighted by atomic mass is 9.99. The Bertz CT molecular complexity index is 647. The van der Waals surface area contributed by atoms with E-state index in [1.807, 2.05) is 30.3 Å². The number of fused-ring (bicyclic) bond motifs is 1. The smallest absolute Gasteiger partial charge is 0.202 e. The van der Waals surface area contributed by atoms with E-state index in [1.165, 1.54) is 5.56 Å². The third-order valence-corrected chi connectivity index (χ3v) is 4.68. The van der Waals surface area contributed by atoms with Crippen LogP contribution in [-0.4, -0.2) is 12.9 Å². The minimum atomic E-state index is -0.198. The van der Waals surface area contributed by atoms with Gasteiger partial charge < -0.3 is 14.8 Å². The van der Waals surface area contributed by atoms with E-state index in [4.69, 9.17) is 9.47 Å². The molecule has 122 valence electrons. The van der Waals surface area contributed by atoms with Crippen LogP contribution in [0.25, 0.3) is 0 Å². The fourth-order valence-electron chi connectivity index (χ4n) is 2.75. The highest BCUT2D eigenvalue weighted by Gasteiger charge is 2.28. The lowest BCUT2D eigenvalue weighted by Crippen LogP contribution is -2.31. The van der Waals surface area contributed by atoms with Crippen molar-refractivity contribution in [3.63, 3.8) is 0 Å². The minimum absolute atomic E-state index is 0.172. The summed E-state index contributed by atoms with van der Waals surface area (Å²) >= 11 is 3.60. The molecule has 0 saturated carbocycles. The molecule has 0 unspecified atom stereocenters. The van der Waals surface area contributed by atoms with Crippen LogP contribution in [0.3, 0.4) is 0 Å². The van der Waals surface area contributed by atoms with Gasteiger partial charge in [-0.15, -0.1) is 0 Å². The van der Waals surface area contributed by atoms with Crippen LogP contribution in [0.15, 0.2) is 53.0 Å². The molecule has 0 spiro atoms. The Hall–Kier alpha value is -1.52. The Morgan fingerprint density at radius 3 is 2.78 bits per heavy atom. The van der Waals surface area contributed by atoms with Crippen molar-refractivity contribution in [2.45, 2.75) is 38.5 Å². The molecule has 1 aliphatic heterocycles. The summed E-state index contributed by atoms with van der Waals surface area (Å²) in [6, 6.07) is 16.5. The summed E-state index contributed by atoms with van der Waals surface area (Å²) in [4.78, 5) is 0. The molecule has 0 saturated heterocycles. The number of halogens is 1. The Kier molecular flexibility index (Phi) is 5.57.